The molecule has 9 nitrogen and oxygen atoms in total. The lowest BCUT2D eigenvalue weighted by Crippen LogP contribution is -2.33. The summed E-state index contributed by atoms with van der Waals surface area (Å²) in [7, 11) is 3.61. The number of nitrogens with zero attached hydrogens (tertiary/aromatic N) is 4. The monoisotopic (exact) mass is 336 g/mol. The van der Waals surface area contributed by atoms with Crippen LogP contribution < -0.4 is 10.6 Å². The summed E-state index contributed by atoms with van der Waals surface area (Å²) in [6.07, 6.45) is 0.676. The van der Waals surface area contributed by atoms with Gasteiger partial charge in [-0.05, 0) is 0 Å². The molecule has 0 aliphatic carbocycles. The molecule has 1 atom stereocenters. The standard InChI is InChI=1S/C13H16N6O3S/c1-14-10-7-9(19(2)5-16-7)8-12(18-10)23-13(17-8)11(22)15-3-6(21)4-20/h5-6,20-21H,3-4H2,1-2H3,(H,14,18)(H,15,22). The van der Waals surface area contributed by atoms with E-state index in [4.69, 9.17) is 5.11 Å². The van der Waals surface area contributed by atoms with E-state index >= 15 is 0 Å². The van der Waals surface area contributed by atoms with Crippen LogP contribution in [-0.2, 0) is 7.05 Å². The number of aliphatic hydroxyl groups excluding tert-OH is 2. The molecule has 0 aliphatic heterocycles. The van der Waals surface area contributed by atoms with Gasteiger partial charge in [-0.15, -0.1) is 0 Å². The number of anilines is 1. The van der Waals surface area contributed by atoms with Crippen molar-refractivity contribution >= 4 is 44.4 Å². The lowest BCUT2D eigenvalue weighted by Gasteiger charge is -2.06. The van der Waals surface area contributed by atoms with Crippen LogP contribution in [-0.4, -0.2) is 61.9 Å². The van der Waals surface area contributed by atoms with Gasteiger partial charge in [0.15, 0.2) is 10.8 Å². The molecule has 122 valence electrons. The van der Waals surface area contributed by atoms with Gasteiger partial charge in [-0.2, -0.15) is 0 Å². The van der Waals surface area contributed by atoms with E-state index in [2.05, 4.69) is 25.6 Å². The minimum absolute atomic E-state index is 0.0401. The Morgan fingerprint density at radius 3 is 2.91 bits per heavy atom. The van der Waals surface area contributed by atoms with Crippen molar-refractivity contribution in [2.75, 3.05) is 25.5 Å². The molecule has 1 unspecified atom stereocenters. The predicted octanol–water partition coefficient (Wildman–Crippen LogP) is -0.297. The fraction of sp³-hybridized carbons (Fsp3) is 0.385. The van der Waals surface area contributed by atoms with Crippen molar-refractivity contribution in [1.82, 2.24) is 24.8 Å². The van der Waals surface area contributed by atoms with Crippen LogP contribution >= 0.6 is 11.3 Å². The summed E-state index contributed by atoms with van der Waals surface area (Å²) >= 11 is 1.16. The maximum Gasteiger partial charge on any atom is 0.280 e. The molecule has 0 bridgehead atoms. The second-order valence-corrected chi connectivity index (χ2v) is 5.96. The zero-order valence-electron chi connectivity index (χ0n) is 12.6. The first-order valence-corrected chi connectivity index (χ1v) is 7.73. The number of hydrogen-bond acceptors (Lipinski definition) is 8. The SMILES string of the molecule is CNc1nc2sc(C(=O)NCC(O)CO)nc2c2c1ncn2C. The van der Waals surface area contributed by atoms with Gasteiger partial charge in [0.2, 0.25) is 0 Å². The Balaban J connectivity index is 2.03. The van der Waals surface area contributed by atoms with E-state index in [9.17, 15) is 9.90 Å². The Hall–Kier alpha value is -2.30. The van der Waals surface area contributed by atoms with Gasteiger partial charge in [0.25, 0.3) is 5.91 Å². The van der Waals surface area contributed by atoms with Crippen LogP contribution in [0.15, 0.2) is 6.33 Å². The van der Waals surface area contributed by atoms with Crippen molar-refractivity contribution in [3.05, 3.63) is 11.3 Å². The molecular weight excluding hydrogens is 320 g/mol. The van der Waals surface area contributed by atoms with Crippen molar-refractivity contribution in [1.29, 1.82) is 0 Å². The van der Waals surface area contributed by atoms with Gasteiger partial charge in [0.05, 0.1) is 19.0 Å². The first-order chi connectivity index (χ1) is 11.0. The first-order valence-electron chi connectivity index (χ1n) is 6.91. The smallest absolute Gasteiger partial charge is 0.280 e. The third kappa shape index (κ3) is 2.71. The van der Waals surface area contributed by atoms with Crippen molar-refractivity contribution in [2.24, 2.45) is 7.05 Å². The zero-order chi connectivity index (χ0) is 16.6. The van der Waals surface area contributed by atoms with Crippen LogP contribution in [0.25, 0.3) is 21.4 Å². The highest BCUT2D eigenvalue weighted by Gasteiger charge is 2.19. The highest BCUT2D eigenvalue weighted by atomic mass is 32.1. The Morgan fingerprint density at radius 2 is 2.22 bits per heavy atom. The average molecular weight is 336 g/mol. The molecule has 0 saturated heterocycles. The Kier molecular flexibility index (Phi) is 4.11. The van der Waals surface area contributed by atoms with Crippen molar-refractivity contribution in [3.8, 4) is 0 Å². The van der Waals surface area contributed by atoms with Gasteiger partial charge >= 0.3 is 0 Å². The lowest BCUT2D eigenvalue weighted by atomic mass is 10.3. The fourth-order valence-corrected chi connectivity index (χ4v) is 3.06. The number of aryl methyl sites for hydroxylation is 1. The van der Waals surface area contributed by atoms with Crippen molar-refractivity contribution in [2.45, 2.75) is 6.10 Å². The molecule has 0 spiro atoms. The van der Waals surface area contributed by atoms with Gasteiger partial charge in [-0.25, -0.2) is 15.0 Å². The predicted molar refractivity (Wildman–Crippen MR) is 86.7 cm³/mol. The number of pyridine rings is 1. The molecule has 10 heteroatoms. The Labute approximate surface area is 135 Å². The molecule has 0 aromatic carbocycles. The molecule has 0 saturated carbocycles. The molecule has 0 fully saturated rings. The Bertz CT molecular complexity index is 873. The molecule has 0 radical (unpaired) electrons. The topological polar surface area (TPSA) is 125 Å². The summed E-state index contributed by atoms with van der Waals surface area (Å²) < 4.78 is 1.83. The largest absolute Gasteiger partial charge is 0.394 e. The molecule has 1 amide bonds. The average Bonchev–Trinajstić information content (AvgIpc) is 3.14. The van der Waals surface area contributed by atoms with Gasteiger partial charge in [0, 0.05) is 20.6 Å². The summed E-state index contributed by atoms with van der Waals surface area (Å²) in [4.78, 5) is 25.9. The number of thiazole rings is 1. The maximum atomic E-state index is 12.1. The van der Waals surface area contributed by atoms with E-state index in [1.54, 1.807) is 13.4 Å². The number of hydrogen-bond donors (Lipinski definition) is 4. The first kappa shape index (κ1) is 15.6. The van der Waals surface area contributed by atoms with Crippen molar-refractivity contribution < 1.29 is 15.0 Å². The van der Waals surface area contributed by atoms with E-state index in [1.165, 1.54) is 0 Å². The lowest BCUT2D eigenvalue weighted by molar-refractivity contribution is 0.0802. The molecule has 3 heterocycles. The van der Waals surface area contributed by atoms with E-state index in [0.29, 0.717) is 21.7 Å². The summed E-state index contributed by atoms with van der Waals surface area (Å²) in [5, 5.41) is 23.8. The minimum atomic E-state index is -0.994. The highest BCUT2D eigenvalue weighted by Crippen LogP contribution is 2.30. The number of aromatic nitrogens is 4. The number of aliphatic hydroxyl groups is 2. The van der Waals surface area contributed by atoms with Crippen LogP contribution in [0.3, 0.4) is 0 Å². The number of rotatable bonds is 5. The van der Waals surface area contributed by atoms with Gasteiger partial charge in [0.1, 0.15) is 21.4 Å². The molecular formula is C13H16N6O3S. The van der Waals surface area contributed by atoms with E-state index in [-0.39, 0.29) is 11.6 Å². The number of carbonyl (C=O) groups is 1. The summed E-state index contributed by atoms with van der Waals surface area (Å²) in [5.41, 5.74) is 2.09. The Morgan fingerprint density at radius 1 is 1.43 bits per heavy atom. The van der Waals surface area contributed by atoms with Crippen LogP contribution in [0.4, 0.5) is 5.82 Å². The van der Waals surface area contributed by atoms with Gasteiger partial charge < -0.3 is 25.4 Å². The second kappa shape index (κ2) is 6.07. The highest BCUT2D eigenvalue weighted by molar-refractivity contribution is 7.20. The number of nitrogens with one attached hydrogen (secondary N) is 2. The van der Waals surface area contributed by atoms with Crippen LogP contribution in [0.1, 0.15) is 9.80 Å². The number of amides is 1. The number of carbonyl (C=O) groups excluding carboxylic acids is 1. The van der Waals surface area contributed by atoms with E-state index < -0.39 is 18.6 Å². The number of fused-ring (bicyclic) bond motifs is 3. The molecule has 0 aliphatic rings. The maximum absolute atomic E-state index is 12.1. The molecule has 4 N–H and O–H groups in total. The third-order valence-corrected chi connectivity index (χ3v) is 4.30. The van der Waals surface area contributed by atoms with Gasteiger partial charge in [-0.1, -0.05) is 11.3 Å². The molecule has 23 heavy (non-hydrogen) atoms. The fourth-order valence-electron chi connectivity index (χ4n) is 2.20. The summed E-state index contributed by atoms with van der Waals surface area (Å²) in [6.45, 7) is -0.454. The van der Waals surface area contributed by atoms with E-state index in [1.807, 2.05) is 11.6 Å². The van der Waals surface area contributed by atoms with Crippen LogP contribution in [0, 0.1) is 0 Å². The molecule has 3 rings (SSSR count). The van der Waals surface area contributed by atoms with E-state index in [0.717, 1.165) is 16.9 Å². The second-order valence-electron chi connectivity index (χ2n) is 4.98. The van der Waals surface area contributed by atoms with Crippen molar-refractivity contribution in [3.63, 3.8) is 0 Å². The number of imidazole rings is 1. The summed E-state index contributed by atoms with van der Waals surface area (Å²) in [5.74, 6) is 0.209. The molecule has 3 aromatic heterocycles. The quantitative estimate of drug-likeness (QED) is 0.504. The summed E-state index contributed by atoms with van der Waals surface area (Å²) in [6, 6.07) is 0. The zero-order valence-corrected chi connectivity index (χ0v) is 13.4. The normalized spacial score (nSPS) is 12.7. The molecule has 3 aromatic rings. The minimum Gasteiger partial charge on any atom is -0.394 e. The van der Waals surface area contributed by atoms with Crippen LogP contribution in [0.5, 0.6) is 0 Å². The van der Waals surface area contributed by atoms with Crippen LogP contribution in [0.2, 0.25) is 0 Å². The third-order valence-electron chi connectivity index (χ3n) is 3.35. The van der Waals surface area contributed by atoms with Gasteiger partial charge in [-0.3, -0.25) is 4.79 Å².